The lowest BCUT2D eigenvalue weighted by Crippen LogP contribution is -2.14. The summed E-state index contributed by atoms with van der Waals surface area (Å²) in [5, 5.41) is 9.97. The summed E-state index contributed by atoms with van der Waals surface area (Å²) in [5.74, 6) is 0.524. The van der Waals surface area contributed by atoms with Gasteiger partial charge in [-0.15, -0.1) is 0 Å². The molecule has 0 spiro atoms. The minimum Gasteiger partial charge on any atom is -0.310 e. The number of benzene rings is 11. The van der Waals surface area contributed by atoms with Crippen molar-refractivity contribution in [3.05, 3.63) is 235 Å². The van der Waals surface area contributed by atoms with E-state index >= 15 is 0 Å². The van der Waals surface area contributed by atoms with E-state index < -0.39 is 0 Å². The Kier molecular flexibility index (Phi) is 10.7. The van der Waals surface area contributed by atoms with Crippen LogP contribution < -0.4 is 9.80 Å². The molecule has 0 aromatic heterocycles. The summed E-state index contributed by atoms with van der Waals surface area (Å²) in [7, 11) is 0. The summed E-state index contributed by atoms with van der Waals surface area (Å²) in [6.45, 7) is 16.0. The number of hydrogen-bond acceptors (Lipinski definition) is 2. The lowest BCUT2D eigenvalue weighted by atomic mass is 9.85. The van der Waals surface area contributed by atoms with E-state index in [1.165, 1.54) is 87.6 Å². The first-order valence-electron chi connectivity index (χ1n) is 25.4. The standard InChI is InChI=1S/C69H60N2/c1-45-18-19-47-14-11-17-60(63(47)44-45)49-22-34-55(35-23-49)71(57-38-30-53(31-39-57)69(5,6)7)65-43-27-51-24-40-61-64(42-26-50-25-41-62(65)67(51)66(50)61)70(56-36-28-52(29-37-56)68(2,3)4)54-32-20-48(21-33-54)59-16-10-13-46-12-8-9-15-58(46)59/h8-43,45H,44H2,1-7H3. The summed E-state index contributed by atoms with van der Waals surface area (Å²) in [6, 6.07) is 77.6. The zero-order chi connectivity index (χ0) is 48.6. The molecule has 0 aliphatic heterocycles. The quantitative estimate of drug-likeness (QED) is 0.140. The van der Waals surface area contributed by atoms with Gasteiger partial charge >= 0.3 is 0 Å². The highest BCUT2D eigenvalue weighted by molar-refractivity contribution is 6.28. The van der Waals surface area contributed by atoms with Gasteiger partial charge in [-0.2, -0.15) is 0 Å². The molecule has 1 aliphatic carbocycles. The van der Waals surface area contributed by atoms with Gasteiger partial charge in [-0.25, -0.2) is 0 Å². The second-order valence-corrected chi connectivity index (χ2v) is 21.9. The fourth-order valence-electron chi connectivity index (χ4n) is 11.2. The van der Waals surface area contributed by atoms with Gasteiger partial charge in [0, 0.05) is 33.5 Å². The Morgan fingerprint density at radius 1 is 0.380 bits per heavy atom. The number of nitrogens with zero attached hydrogens (tertiary/aromatic N) is 2. The zero-order valence-electron chi connectivity index (χ0n) is 42.0. The lowest BCUT2D eigenvalue weighted by molar-refractivity contribution is 0.590. The number of allylic oxidation sites excluding steroid dienone is 1. The topological polar surface area (TPSA) is 6.48 Å². The Balaban J connectivity index is 1.02. The van der Waals surface area contributed by atoms with Crippen molar-refractivity contribution in [2.24, 2.45) is 5.92 Å². The fraction of sp³-hybridized carbons (Fsp3) is 0.159. The Bertz CT molecular complexity index is 3780. The number of anilines is 6. The van der Waals surface area contributed by atoms with E-state index in [9.17, 15) is 0 Å². The van der Waals surface area contributed by atoms with Crippen LogP contribution in [0.5, 0.6) is 0 Å². The van der Waals surface area contributed by atoms with E-state index in [2.05, 4.69) is 277 Å². The van der Waals surface area contributed by atoms with Crippen molar-refractivity contribution >= 4 is 83.3 Å². The van der Waals surface area contributed by atoms with Crippen molar-refractivity contribution in [1.29, 1.82) is 0 Å². The van der Waals surface area contributed by atoms with Crippen LogP contribution in [-0.2, 0) is 17.3 Å². The van der Waals surface area contributed by atoms with Crippen LogP contribution >= 0.6 is 0 Å². The largest absolute Gasteiger partial charge is 0.310 e. The Morgan fingerprint density at radius 2 is 0.817 bits per heavy atom. The molecule has 2 heteroatoms. The van der Waals surface area contributed by atoms with Crippen LogP contribution in [0, 0.1) is 5.92 Å². The molecule has 2 nitrogen and oxygen atoms in total. The van der Waals surface area contributed by atoms with Crippen LogP contribution in [-0.4, -0.2) is 0 Å². The maximum atomic E-state index is 2.47. The van der Waals surface area contributed by atoms with Crippen molar-refractivity contribution < 1.29 is 0 Å². The molecule has 346 valence electrons. The fourth-order valence-corrected chi connectivity index (χ4v) is 11.2. The SMILES string of the molecule is CC1C=Cc2cccc(-c3ccc(N(c4ccc(C(C)(C)C)cc4)c4ccc5ccc6c(N(c7ccc(-c8cccc9ccccc89)cc7)c7ccc(C(C)(C)C)cc7)ccc7ccc4c5c76)cc3)c2C1. The number of fused-ring (bicyclic) bond motifs is 2. The average Bonchev–Trinajstić information content (AvgIpc) is 3.38. The molecule has 11 aromatic rings. The molecule has 1 atom stereocenters. The van der Waals surface area contributed by atoms with Gasteiger partial charge in [-0.3, -0.25) is 0 Å². The summed E-state index contributed by atoms with van der Waals surface area (Å²) < 4.78 is 0. The van der Waals surface area contributed by atoms with Crippen molar-refractivity contribution in [2.45, 2.75) is 65.7 Å². The Hall–Kier alpha value is -7.94. The van der Waals surface area contributed by atoms with Gasteiger partial charge in [0.05, 0.1) is 11.4 Å². The van der Waals surface area contributed by atoms with E-state index in [0.29, 0.717) is 5.92 Å². The molecule has 0 saturated heterocycles. The van der Waals surface area contributed by atoms with E-state index in [0.717, 1.165) is 40.5 Å². The van der Waals surface area contributed by atoms with Crippen molar-refractivity contribution in [3.63, 3.8) is 0 Å². The molecular weight excluding hydrogens is 857 g/mol. The monoisotopic (exact) mass is 916 g/mol. The summed E-state index contributed by atoms with van der Waals surface area (Å²) >= 11 is 0. The minimum atomic E-state index is 0.0384. The molecule has 1 aliphatic rings. The molecule has 0 fully saturated rings. The minimum absolute atomic E-state index is 0.0384. The van der Waals surface area contributed by atoms with Crippen LogP contribution in [0.15, 0.2) is 212 Å². The normalized spacial score (nSPS) is 13.9. The first-order valence-corrected chi connectivity index (χ1v) is 25.4. The predicted molar refractivity (Wildman–Crippen MR) is 307 cm³/mol. The van der Waals surface area contributed by atoms with Crippen LogP contribution in [0.3, 0.4) is 0 Å². The van der Waals surface area contributed by atoms with Crippen LogP contribution in [0.1, 0.15) is 70.7 Å². The Labute approximate surface area is 419 Å². The molecule has 71 heavy (non-hydrogen) atoms. The van der Waals surface area contributed by atoms with E-state index in [-0.39, 0.29) is 10.8 Å². The second kappa shape index (κ2) is 17.2. The third kappa shape index (κ3) is 7.93. The molecule has 0 bridgehead atoms. The Morgan fingerprint density at radius 3 is 1.34 bits per heavy atom. The van der Waals surface area contributed by atoms with Gasteiger partial charge in [-0.05, 0) is 161 Å². The van der Waals surface area contributed by atoms with E-state index in [1.54, 1.807) is 0 Å². The summed E-state index contributed by atoms with van der Waals surface area (Å²) in [4.78, 5) is 4.92. The van der Waals surface area contributed by atoms with Crippen LogP contribution in [0.25, 0.3) is 71.4 Å². The molecule has 1 unspecified atom stereocenters. The molecular formula is C69H60N2. The van der Waals surface area contributed by atoms with Gasteiger partial charge < -0.3 is 9.80 Å². The highest BCUT2D eigenvalue weighted by Crippen LogP contribution is 2.48. The van der Waals surface area contributed by atoms with E-state index in [4.69, 9.17) is 0 Å². The smallest absolute Gasteiger partial charge is 0.0540 e. The second-order valence-electron chi connectivity index (χ2n) is 21.9. The van der Waals surface area contributed by atoms with Gasteiger partial charge in [-0.1, -0.05) is 206 Å². The maximum absolute atomic E-state index is 2.47. The number of rotatable bonds is 8. The highest BCUT2D eigenvalue weighted by atomic mass is 15.1. The summed E-state index contributed by atoms with van der Waals surface area (Å²) in [6.07, 6.45) is 5.69. The van der Waals surface area contributed by atoms with Gasteiger partial charge in [0.25, 0.3) is 0 Å². The van der Waals surface area contributed by atoms with Crippen molar-refractivity contribution in [3.8, 4) is 22.3 Å². The third-order valence-corrected chi connectivity index (χ3v) is 15.1. The lowest BCUT2D eigenvalue weighted by Gasteiger charge is -2.30. The van der Waals surface area contributed by atoms with Gasteiger partial charge in [0.15, 0.2) is 0 Å². The third-order valence-electron chi connectivity index (χ3n) is 15.1. The molecule has 12 rings (SSSR count). The average molecular weight is 917 g/mol. The van der Waals surface area contributed by atoms with E-state index in [1.807, 2.05) is 0 Å². The molecule has 11 aromatic carbocycles. The molecule has 0 saturated carbocycles. The number of hydrogen-bond donors (Lipinski definition) is 0. The molecule has 0 N–H and O–H groups in total. The van der Waals surface area contributed by atoms with Gasteiger partial charge in [0.1, 0.15) is 0 Å². The van der Waals surface area contributed by atoms with Crippen LogP contribution in [0.2, 0.25) is 0 Å². The summed E-state index contributed by atoms with van der Waals surface area (Å²) in [5.41, 5.74) is 17.3. The molecule has 0 heterocycles. The van der Waals surface area contributed by atoms with Crippen molar-refractivity contribution in [1.82, 2.24) is 0 Å². The first-order chi connectivity index (χ1) is 34.4. The van der Waals surface area contributed by atoms with Crippen molar-refractivity contribution in [2.75, 3.05) is 9.80 Å². The predicted octanol–water partition coefficient (Wildman–Crippen LogP) is 19.8. The molecule has 0 amide bonds. The zero-order valence-corrected chi connectivity index (χ0v) is 42.0. The van der Waals surface area contributed by atoms with Crippen LogP contribution in [0.4, 0.5) is 34.1 Å². The molecule has 0 radical (unpaired) electrons. The maximum Gasteiger partial charge on any atom is 0.0540 e. The highest BCUT2D eigenvalue weighted by Gasteiger charge is 2.24. The first kappa shape index (κ1) is 44.3. The van der Waals surface area contributed by atoms with Gasteiger partial charge in [0.2, 0.25) is 0 Å².